The van der Waals surface area contributed by atoms with Gasteiger partial charge in [0.25, 0.3) is 0 Å². The monoisotopic (exact) mass is 518 g/mol. The Balaban J connectivity index is 0.00000300. The Morgan fingerprint density at radius 2 is 2.07 bits per heavy atom. The van der Waals surface area contributed by atoms with Gasteiger partial charge in [-0.05, 0) is 31.9 Å². The van der Waals surface area contributed by atoms with Gasteiger partial charge in [0, 0.05) is 38.1 Å². The molecule has 1 aromatic heterocycles. The van der Waals surface area contributed by atoms with Gasteiger partial charge in [0.05, 0.1) is 0 Å². The van der Waals surface area contributed by atoms with Crippen molar-refractivity contribution in [1.82, 2.24) is 25.1 Å². The molecule has 1 fully saturated rings. The van der Waals surface area contributed by atoms with E-state index in [9.17, 15) is 8.78 Å². The van der Waals surface area contributed by atoms with E-state index in [1.54, 1.807) is 0 Å². The molecule has 0 aliphatic carbocycles. The summed E-state index contributed by atoms with van der Waals surface area (Å²) in [6.07, 6.45) is 4.96. The third-order valence-electron chi connectivity index (χ3n) is 4.91. The van der Waals surface area contributed by atoms with E-state index in [-0.39, 0.29) is 36.3 Å². The highest BCUT2D eigenvalue weighted by Crippen LogP contribution is 2.19. The second-order valence-corrected chi connectivity index (χ2v) is 6.86. The highest BCUT2D eigenvalue weighted by atomic mass is 127. The molecule has 0 radical (unpaired) electrons. The topological polar surface area (TPSA) is 57.5 Å². The van der Waals surface area contributed by atoms with Crippen LogP contribution in [0, 0.1) is 0 Å². The largest absolute Gasteiger partial charge is 0.357 e. The Hall–Kier alpha value is -1.75. The molecular weight excluding hydrogens is 489 g/mol. The molecule has 29 heavy (non-hydrogen) atoms. The first-order valence-corrected chi connectivity index (χ1v) is 9.77. The Bertz CT molecular complexity index is 752. The number of nitrogens with zero attached hydrogens (tertiary/aromatic N) is 4. The molecule has 1 unspecified atom stereocenters. The van der Waals surface area contributed by atoms with E-state index in [4.69, 9.17) is 0 Å². The molecule has 1 aliphatic rings. The minimum absolute atomic E-state index is 0. The molecule has 0 amide bonds. The molecular formula is C20H29F2IN6. The smallest absolute Gasteiger partial charge is 0.319 e. The number of hydrogen-bond acceptors (Lipinski definition) is 3. The second kappa shape index (κ2) is 12.1. The van der Waals surface area contributed by atoms with E-state index < -0.39 is 6.55 Å². The standard InChI is InChI=1S/C20H28F2N6.HI/c1-2-23-20(26-14-18-24-10-12-28(18)19(21)22)25-13-17-9-6-11-27(17)15-16-7-4-3-5-8-16;/h3-5,7-8,10,12,17,19H,2,6,9,11,13-15H2,1H3,(H2,23,25,26);1H. The van der Waals surface area contributed by atoms with Crippen LogP contribution in [0.15, 0.2) is 47.7 Å². The van der Waals surface area contributed by atoms with Crippen LogP contribution in [0.1, 0.15) is 37.7 Å². The molecule has 2 N–H and O–H groups in total. The molecule has 0 saturated carbocycles. The minimum atomic E-state index is -2.60. The lowest BCUT2D eigenvalue weighted by Crippen LogP contribution is -2.44. The number of likely N-dealkylation sites (tertiary alicyclic amines) is 1. The quantitative estimate of drug-likeness (QED) is 0.319. The maximum absolute atomic E-state index is 12.9. The summed E-state index contributed by atoms with van der Waals surface area (Å²) in [5, 5.41) is 6.54. The maximum Gasteiger partial charge on any atom is 0.319 e. The van der Waals surface area contributed by atoms with Crippen LogP contribution in [0.4, 0.5) is 8.78 Å². The molecule has 160 valence electrons. The number of benzene rings is 1. The molecule has 9 heteroatoms. The predicted molar refractivity (Wildman–Crippen MR) is 122 cm³/mol. The third-order valence-corrected chi connectivity index (χ3v) is 4.91. The number of hydrogen-bond donors (Lipinski definition) is 2. The summed E-state index contributed by atoms with van der Waals surface area (Å²) in [4.78, 5) is 10.9. The normalized spacial score (nSPS) is 17.4. The van der Waals surface area contributed by atoms with E-state index in [1.807, 2.05) is 13.0 Å². The van der Waals surface area contributed by atoms with Gasteiger partial charge in [0.1, 0.15) is 12.4 Å². The number of aromatic nitrogens is 2. The van der Waals surface area contributed by atoms with Crippen molar-refractivity contribution in [2.24, 2.45) is 4.99 Å². The summed E-state index contributed by atoms with van der Waals surface area (Å²) < 4.78 is 26.7. The number of rotatable bonds is 8. The third kappa shape index (κ3) is 6.91. The molecule has 0 spiro atoms. The lowest BCUT2D eigenvalue weighted by Gasteiger charge is -2.25. The Morgan fingerprint density at radius 3 is 2.79 bits per heavy atom. The van der Waals surface area contributed by atoms with Gasteiger partial charge in [0.15, 0.2) is 5.96 Å². The summed E-state index contributed by atoms with van der Waals surface area (Å²) in [7, 11) is 0. The molecule has 1 saturated heterocycles. The van der Waals surface area contributed by atoms with E-state index in [2.05, 4.69) is 49.8 Å². The fourth-order valence-corrected chi connectivity index (χ4v) is 3.50. The minimum Gasteiger partial charge on any atom is -0.357 e. The number of guanidine groups is 1. The van der Waals surface area contributed by atoms with Crippen molar-refractivity contribution in [3.05, 3.63) is 54.1 Å². The van der Waals surface area contributed by atoms with Crippen LogP contribution in [-0.2, 0) is 13.1 Å². The van der Waals surface area contributed by atoms with Gasteiger partial charge in [-0.25, -0.2) is 9.98 Å². The zero-order chi connectivity index (χ0) is 19.8. The summed E-state index contributed by atoms with van der Waals surface area (Å²) in [6.45, 7) is 2.97. The van der Waals surface area contributed by atoms with Crippen LogP contribution < -0.4 is 10.6 Å². The zero-order valence-electron chi connectivity index (χ0n) is 16.6. The molecule has 2 heterocycles. The summed E-state index contributed by atoms with van der Waals surface area (Å²) in [5.74, 6) is 0.872. The van der Waals surface area contributed by atoms with Gasteiger partial charge in [0.2, 0.25) is 0 Å². The van der Waals surface area contributed by atoms with Crippen LogP contribution >= 0.6 is 24.0 Å². The predicted octanol–water partition coefficient (Wildman–Crippen LogP) is 3.62. The SMILES string of the molecule is CCNC(=NCc1nccn1C(F)F)NCC1CCCN1Cc1ccccc1.I. The first-order valence-electron chi connectivity index (χ1n) is 9.77. The highest BCUT2D eigenvalue weighted by Gasteiger charge is 2.24. The van der Waals surface area contributed by atoms with E-state index in [0.717, 1.165) is 30.6 Å². The first kappa shape index (κ1) is 23.5. The molecule has 2 aromatic rings. The Morgan fingerprint density at radius 1 is 1.28 bits per heavy atom. The van der Waals surface area contributed by atoms with E-state index in [1.165, 1.54) is 24.4 Å². The average Bonchev–Trinajstić information content (AvgIpc) is 3.34. The van der Waals surface area contributed by atoms with Crippen molar-refractivity contribution in [1.29, 1.82) is 0 Å². The van der Waals surface area contributed by atoms with Crippen molar-refractivity contribution in [2.45, 2.75) is 45.4 Å². The molecule has 1 aliphatic heterocycles. The van der Waals surface area contributed by atoms with Crippen LogP contribution in [0.3, 0.4) is 0 Å². The van der Waals surface area contributed by atoms with Gasteiger partial charge < -0.3 is 10.6 Å². The lowest BCUT2D eigenvalue weighted by atomic mass is 10.2. The zero-order valence-corrected chi connectivity index (χ0v) is 18.9. The number of imidazole rings is 1. The van der Waals surface area contributed by atoms with Crippen molar-refractivity contribution in [3.63, 3.8) is 0 Å². The summed E-state index contributed by atoms with van der Waals surface area (Å²) in [5.41, 5.74) is 1.31. The van der Waals surface area contributed by atoms with Crippen LogP contribution in [-0.4, -0.2) is 46.1 Å². The van der Waals surface area contributed by atoms with E-state index in [0.29, 0.717) is 18.5 Å². The van der Waals surface area contributed by atoms with Gasteiger partial charge in [-0.2, -0.15) is 8.78 Å². The van der Waals surface area contributed by atoms with Crippen molar-refractivity contribution in [2.75, 3.05) is 19.6 Å². The van der Waals surface area contributed by atoms with Gasteiger partial charge >= 0.3 is 6.55 Å². The maximum atomic E-state index is 12.9. The van der Waals surface area contributed by atoms with Crippen LogP contribution in [0.2, 0.25) is 0 Å². The average molecular weight is 518 g/mol. The molecule has 3 rings (SSSR count). The van der Waals surface area contributed by atoms with Gasteiger partial charge in [-0.3, -0.25) is 9.47 Å². The molecule has 1 aromatic carbocycles. The van der Waals surface area contributed by atoms with Gasteiger partial charge in [-0.15, -0.1) is 24.0 Å². The van der Waals surface area contributed by atoms with Crippen molar-refractivity contribution >= 4 is 29.9 Å². The molecule has 1 atom stereocenters. The summed E-state index contributed by atoms with van der Waals surface area (Å²) >= 11 is 0. The van der Waals surface area contributed by atoms with Crippen LogP contribution in [0.25, 0.3) is 0 Å². The van der Waals surface area contributed by atoms with Crippen LogP contribution in [0.5, 0.6) is 0 Å². The second-order valence-electron chi connectivity index (χ2n) is 6.86. The van der Waals surface area contributed by atoms with Gasteiger partial charge in [-0.1, -0.05) is 30.3 Å². The van der Waals surface area contributed by atoms with Crippen molar-refractivity contribution < 1.29 is 8.78 Å². The Kier molecular flexibility index (Phi) is 9.79. The van der Waals surface area contributed by atoms with E-state index >= 15 is 0 Å². The highest BCUT2D eigenvalue weighted by molar-refractivity contribution is 14.0. The summed E-state index contributed by atoms with van der Waals surface area (Å²) in [6, 6.07) is 10.9. The fraction of sp³-hybridized carbons (Fsp3) is 0.500. The fourth-order valence-electron chi connectivity index (χ4n) is 3.50. The van der Waals surface area contributed by atoms with Crippen molar-refractivity contribution in [3.8, 4) is 0 Å². The number of alkyl halides is 2. The number of nitrogens with one attached hydrogen (secondary N) is 2. The Labute approximate surface area is 187 Å². The molecule has 0 bridgehead atoms. The first-order chi connectivity index (χ1) is 13.7. The number of aliphatic imine (C=N–C) groups is 1. The molecule has 6 nitrogen and oxygen atoms in total. The number of halogens is 3. The lowest BCUT2D eigenvalue weighted by molar-refractivity contribution is 0.0671.